The van der Waals surface area contributed by atoms with Crippen LogP contribution in [-0.2, 0) is 4.79 Å². The fourth-order valence-electron chi connectivity index (χ4n) is 3.87. The van der Waals surface area contributed by atoms with Gasteiger partial charge in [0.25, 0.3) is 0 Å². The summed E-state index contributed by atoms with van der Waals surface area (Å²) in [6, 6.07) is 11.1. The highest BCUT2D eigenvalue weighted by Crippen LogP contribution is 2.28. The van der Waals surface area contributed by atoms with Crippen LogP contribution in [0.1, 0.15) is 50.6 Å². The molecule has 2 aliphatic rings. The number of piperidine rings is 2. The van der Waals surface area contributed by atoms with Crippen LogP contribution in [-0.4, -0.2) is 41.9 Å². The second-order valence-electron chi connectivity index (χ2n) is 6.81. The molecule has 120 valence electrons. The summed E-state index contributed by atoms with van der Waals surface area (Å²) in [6.07, 6.45) is 5.85. The molecule has 0 radical (unpaired) electrons. The molecule has 2 unspecified atom stereocenters. The normalized spacial score (nSPS) is 25.0. The highest BCUT2D eigenvalue weighted by Gasteiger charge is 2.31. The van der Waals surface area contributed by atoms with E-state index < -0.39 is 0 Å². The third-order valence-electron chi connectivity index (χ3n) is 5.30. The Morgan fingerprint density at radius 2 is 1.77 bits per heavy atom. The standard InChI is InChI=1S/C19H28N2O/c1-16(17-9-4-2-5-10-17)21-14-8-11-18(15-21)19(22)20-12-6-3-7-13-20/h2,4-5,9-10,16,18H,3,6-8,11-15H2,1H3. The van der Waals surface area contributed by atoms with Crippen molar-refractivity contribution in [2.75, 3.05) is 26.2 Å². The van der Waals surface area contributed by atoms with Crippen molar-refractivity contribution in [2.45, 2.75) is 45.1 Å². The number of carbonyl (C=O) groups is 1. The van der Waals surface area contributed by atoms with Crippen molar-refractivity contribution >= 4 is 5.91 Å². The summed E-state index contributed by atoms with van der Waals surface area (Å²) >= 11 is 0. The monoisotopic (exact) mass is 300 g/mol. The predicted octanol–water partition coefficient (Wildman–Crippen LogP) is 3.47. The van der Waals surface area contributed by atoms with Gasteiger partial charge in [-0.3, -0.25) is 9.69 Å². The van der Waals surface area contributed by atoms with Gasteiger partial charge in [0.1, 0.15) is 0 Å². The van der Waals surface area contributed by atoms with Gasteiger partial charge in [-0.25, -0.2) is 0 Å². The minimum absolute atomic E-state index is 0.206. The number of rotatable bonds is 3. The Hall–Kier alpha value is -1.35. The number of carbonyl (C=O) groups excluding carboxylic acids is 1. The zero-order chi connectivity index (χ0) is 15.4. The summed E-state index contributed by atoms with van der Waals surface area (Å²) in [6.45, 7) is 6.25. The molecular formula is C19H28N2O. The van der Waals surface area contributed by atoms with Crippen LogP contribution >= 0.6 is 0 Å². The van der Waals surface area contributed by atoms with E-state index in [1.54, 1.807) is 0 Å². The first-order chi connectivity index (χ1) is 10.8. The minimum atomic E-state index is 0.206. The maximum absolute atomic E-state index is 12.8. The van der Waals surface area contributed by atoms with Crippen molar-refractivity contribution < 1.29 is 4.79 Å². The third-order valence-corrected chi connectivity index (χ3v) is 5.30. The molecule has 0 aromatic heterocycles. The van der Waals surface area contributed by atoms with E-state index in [0.717, 1.165) is 39.0 Å². The van der Waals surface area contributed by atoms with Crippen molar-refractivity contribution in [3.63, 3.8) is 0 Å². The lowest BCUT2D eigenvalue weighted by Gasteiger charge is -2.39. The van der Waals surface area contributed by atoms with Gasteiger partial charge in [0.05, 0.1) is 5.92 Å². The first kappa shape index (κ1) is 15.5. The molecule has 2 atom stereocenters. The molecule has 3 rings (SSSR count). The number of benzene rings is 1. The van der Waals surface area contributed by atoms with Crippen molar-refractivity contribution in [3.05, 3.63) is 35.9 Å². The SMILES string of the molecule is CC(c1ccccc1)N1CCCC(C(=O)N2CCCCC2)C1. The number of hydrogen-bond acceptors (Lipinski definition) is 2. The highest BCUT2D eigenvalue weighted by molar-refractivity contribution is 5.79. The quantitative estimate of drug-likeness (QED) is 0.853. The molecule has 0 saturated carbocycles. The number of hydrogen-bond donors (Lipinski definition) is 0. The Bertz CT molecular complexity index is 481. The van der Waals surface area contributed by atoms with E-state index in [1.807, 2.05) is 0 Å². The van der Waals surface area contributed by atoms with E-state index in [4.69, 9.17) is 0 Å². The average molecular weight is 300 g/mol. The van der Waals surface area contributed by atoms with Gasteiger partial charge >= 0.3 is 0 Å². The van der Waals surface area contributed by atoms with Crippen LogP contribution in [0.4, 0.5) is 0 Å². The molecule has 22 heavy (non-hydrogen) atoms. The molecule has 1 aromatic carbocycles. The van der Waals surface area contributed by atoms with E-state index in [-0.39, 0.29) is 5.92 Å². The molecule has 0 spiro atoms. The summed E-state index contributed by atoms with van der Waals surface area (Å²) in [5.41, 5.74) is 1.36. The van der Waals surface area contributed by atoms with Gasteiger partial charge in [-0.1, -0.05) is 30.3 Å². The zero-order valence-electron chi connectivity index (χ0n) is 13.7. The largest absolute Gasteiger partial charge is 0.342 e. The van der Waals surface area contributed by atoms with Gasteiger partial charge in [0.15, 0.2) is 0 Å². The van der Waals surface area contributed by atoms with Crippen LogP contribution in [0.5, 0.6) is 0 Å². The summed E-state index contributed by atoms with van der Waals surface area (Å²) in [7, 11) is 0. The maximum atomic E-state index is 12.8. The summed E-state index contributed by atoms with van der Waals surface area (Å²) < 4.78 is 0. The van der Waals surface area contributed by atoms with Gasteiger partial charge in [0, 0.05) is 25.7 Å². The fourth-order valence-corrected chi connectivity index (χ4v) is 3.87. The minimum Gasteiger partial charge on any atom is -0.342 e. The first-order valence-corrected chi connectivity index (χ1v) is 8.83. The predicted molar refractivity (Wildman–Crippen MR) is 89.6 cm³/mol. The molecule has 0 aliphatic carbocycles. The summed E-state index contributed by atoms with van der Waals surface area (Å²) in [5, 5.41) is 0. The molecule has 2 saturated heterocycles. The Morgan fingerprint density at radius 1 is 1.05 bits per heavy atom. The molecule has 3 nitrogen and oxygen atoms in total. The lowest BCUT2D eigenvalue weighted by Crippen LogP contribution is -2.46. The Labute approximate surface area is 134 Å². The van der Waals surface area contributed by atoms with Crippen molar-refractivity contribution in [1.82, 2.24) is 9.80 Å². The molecular weight excluding hydrogens is 272 g/mol. The van der Waals surface area contributed by atoms with Gasteiger partial charge in [-0.15, -0.1) is 0 Å². The van der Waals surface area contributed by atoms with Crippen LogP contribution in [0, 0.1) is 5.92 Å². The van der Waals surface area contributed by atoms with Gasteiger partial charge < -0.3 is 4.90 Å². The van der Waals surface area contributed by atoms with Crippen molar-refractivity contribution in [3.8, 4) is 0 Å². The molecule has 2 aliphatic heterocycles. The average Bonchev–Trinajstić information content (AvgIpc) is 2.62. The molecule has 0 bridgehead atoms. The highest BCUT2D eigenvalue weighted by atomic mass is 16.2. The van der Waals surface area contributed by atoms with Crippen LogP contribution in [0.3, 0.4) is 0 Å². The van der Waals surface area contributed by atoms with Crippen LogP contribution in [0.15, 0.2) is 30.3 Å². The van der Waals surface area contributed by atoms with E-state index in [0.29, 0.717) is 11.9 Å². The zero-order valence-corrected chi connectivity index (χ0v) is 13.7. The lowest BCUT2D eigenvalue weighted by atomic mass is 9.93. The maximum Gasteiger partial charge on any atom is 0.226 e. The Balaban J connectivity index is 1.62. The molecule has 0 N–H and O–H groups in total. The molecule has 1 amide bonds. The Kier molecular flexibility index (Phi) is 5.14. The lowest BCUT2D eigenvalue weighted by molar-refractivity contribution is -0.138. The number of nitrogens with zero attached hydrogens (tertiary/aromatic N) is 2. The second-order valence-corrected chi connectivity index (χ2v) is 6.81. The van der Waals surface area contributed by atoms with Gasteiger partial charge in [0.2, 0.25) is 5.91 Å². The van der Waals surface area contributed by atoms with E-state index >= 15 is 0 Å². The summed E-state index contributed by atoms with van der Waals surface area (Å²) in [4.78, 5) is 17.4. The molecule has 2 heterocycles. The van der Waals surface area contributed by atoms with Crippen molar-refractivity contribution in [1.29, 1.82) is 0 Å². The van der Waals surface area contributed by atoms with Gasteiger partial charge in [-0.05, 0) is 51.1 Å². The Morgan fingerprint density at radius 3 is 2.50 bits per heavy atom. The second kappa shape index (κ2) is 7.28. The van der Waals surface area contributed by atoms with E-state index in [1.165, 1.54) is 24.8 Å². The smallest absolute Gasteiger partial charge is 0.226 e. The van der Waals surface area contributed by atoms with Gasteiger partial charge in [-0.2, -0.15) is 0 Å². The third kappa shape index (κ3) is 3.52. The first-order valence-electron chi connectivity index (χ1n) is 8.83. The molecule has 3 heteroatoms. The van der Waals surface area contributed by atoms with E-state index in [9.17, 15) is 4.79 Å². The molecule has 2 fully saturated rings. The summed E-state index contributed by atoms with van der Waals surface area (Å²) in [5.74, 6) is 0.614. The number of amides is 1. The van der Waals surface area contributed by atoms with E-state index in [2.05, 4.69) is 47.1 Å². The topological polar surface area (TPSA) is 23.6 Å². The fraction of sp³-hybridized carbons (Fsp3) is 0.632. The molecule has 1 aromatic rings. The van der Waals surface area contributed by atoms with Crippen LogP contribution in [0.25, 0.3) is 0 Å². The number of likely N-dealkylation sites (tertiary alicyclic amines) is 2. The van der Waals surface area contributed by atoms with Crippen LogP contribution < -0.4 is 0 Å². The van der Waals surface area contributed by atoms with Crippen molar-refractivity contribution in [2.24, 2.45) is 5.92 Å². The van der Waals surface area contributed by atoms with Crippen LogP contribution in [0.2, 0.25) is 0 Å².